The fourth-order valence-corrected chi connectivity index (χ4v) is 3.46. The quantitative estimate of drug-likeness (QED) is 0.703. The normalized spacial score (nSPS) is 14.1. The molecule has 3 aromatic rings. The van der Waals surface area contributed by atoms with Crippen molar-refractivity contribution in [3.05, 3.63) is 70.6 Å². The molecule has 1 aliphatic rings. The molecule has 0 atom stereocenters. The number of aromatic nitrogens is 3. The molecule has 0 bridgehead atoms. The number of methoxy groups -OCH3 is 1. The van der Waals surface area contributed by atoms with E-state index in [1.54, 1.807) is 7.11 Å². The third-order valence-electron chi connectivity index (χ3n) is 4.51. The van der Waals surface area contributed by atoms with Crippen LogP contribution in [0.3, 0.4) is 0 Å². The van der Waals surface area contributed by atoms with E-state index >= 15 is 0 Å². The second-order valence-electron chi connectivity index (χ2n) is 6.33. The van der Waals surface area contributed by atoms with Crippen LogP contribution >= 0.6 is 11.6 Å². The van der Waals surface area contributed by atoms with Gasteiger partial charge < -0.3 is 4.74 Å². The number of pyridine rings is 1. The average molecular weight is 367 g/mol. The number of benzene rings is 1. The van der Waals surface area contributed by atoms with E-state index in [2.05, 4.69) is 14.9 Å². The van der Waals surface area contributed by atoms with E-state index in [0.29, 0.717) is 10.9 Å². The van der Waals surface area contributed by atoms with Crippen LogP contribution in [0.5, 0.6) is 5.88 Å². The van der Waals surface area contributed by atoms with Crippen molar-refractivity contribution in [1.82, 2.24) is 19.9 Å². The van der Waals surface area contributed by atoms with E-state index in [4.69, 9.17) is 21.3 Å². The zero-order valence-electron chi connectivity index (χ0n) is 14.5. The number of fused-ring (bicyclic) bond motifs is 1. The summed E-state index contributed by atoms with van der Waals surface area (Å²) in [5.41, 5.74) is 4.45. The summed E-state index contributed by atoms with van der Waals surface area (Å²) in [5, 5.41) is 0.540. The molecule has 0 radical (unpaired) electrons. The molecule has 26 heavy (non-hydrogen) atoms. The lowest BCUT2D eigenvalue weighted by molar-refractivity contribution is 0.242. The van der Waals surface area contributed by atoms with Crippen molar-refractivity contribution in [2.75, 3.05) is 13.7 Å². The first-order chi connectivity index (χ1) is 12.7. The molecule has 0 unspecified atom stereocenters. The molecule has 3 heterocycles. The Morgan fingerprint density at radius 3 is 2.77 bits per heavy atom. The summed E-state index contributed by atoms with van der Waals surface area (Å²) in [6.07, 6.45) is 4.68. The van der Waals surface area contributed by atoms with E-state index in [9.17, 15) is 0 Å². The van der Waals surface area contributed by atoms with Gasteiger partial charge in [0.2, 0.25) is 5.88 Å². The lowest BCUT2D eigenvalue weighted by Gasteiger charge is -2.28. The van der Waals surface area contributed by atoms with Gasteiger partial charge in [0.1, 0.15) is 5.02 Å². The second kappa shape index (κ2) is 7.40. The molecule has 0 saturated carbocycles. The Labute approximate surface area is 157 Å². The van der Waals surface area contributed by atoms with E-state index in [-0.39, 0.29) is 0 Å². The van der Waals surface area contributed by atoms with Crippen LogP contribution < -0.4 is 4.74 Å². The molecule has 5 nitrogen and oxygen atoms in total. The molecule has 0 aliphatic carbocycles. The molecule has 0 saturated heterocycles. The number of hydrogen-bond acceptors (Lipinski definition) is 5. The lowest BCUT2D eigenvalue weighted by Crippen LogP contribution is -2.31. The molecule has 6 heteroatoms. The van der Waals surface area contributed by atoms with Gasteiger partial charge in [-0.1, -0.05) is 41.9 Å². The zero-order valence-corrected chi connectivity index (χ0v) is 15.3. The Balaban J connectivity index is 1.49. The van der Waals surface area contributed by atoms with Gasteiger partial charge in [0.15, 0.2) is 5.82 Å². The van der Waals surface area contributed by atoms with Crippen molar-refractivity contribution in [3.63, 3.8) is 0 Å². The van der Waals surface area contributed by atoms with Gasteiger partial charge >= 0.3 is 0 Å². The van der Waals surface area contributed by atoms with Crippen LogP contribution in [-0.4, -0.2) is 33.5 Å². The number of halogens is 1. The minimum absolute atomic E-state index is 0.459. The topological polar surface area (TPSA) is 51.1 Å². The van der Waals surface area contributed by atoms with Crippen LogP contribution in [0.2, 0.25) is 5.02 Å². The molecule has 0 amide bonds. The molecule has 0 N–H and O–H groups in total. The zero-order chi connectivity index (χ0) is 17.9. The molecule has 0 spiro atoms. The van der Waals surface area contributed by atoms with Gasteiger partial charge in [0.05, 0.1) is 12.8 Å². The van der Waals surface area contributed by atoms with E-state index < -0.39 is 0 Å². The van der Waals surface area contributed by atoms with Gasteiger partial charge in [-0.05, 0) is 11.6 Å². The van der Waals surface area contributed by atoms with E-state index in [0.717, 1.165) is 48.7 Å². The maximum atomic E-state index is 6.18. The van der Waals surface area contributed by atoms with Crippen molar-refractivity contribution in [1.29, 1.82) is 0 Å². The van der Waals surface area contributed by atoms with Crippen LogP contribution in [0.25, 0.3) is 11.4 Å². The van der Waals surface area contributed by atoms with Crippen molar-refractivity contribution >= 4 is 11.6 Å². The Kier molecular flexibility index (Phi) is 4.82. The predicted octanol–water partition coefficient (Wildman–Crippen LogP) is 3.76. The number of nitrogens with zero attached hydrogens (tertiary/aromatic N) is 4. The van der Waals surface area contributed by atoms with Crippen LogP contribution in [0, 0.1) is 0 Å². The maximum Gasteiger partial charge on any atom is 0.232 e. The molecule has 2 aromatic heterocycles. The van der Waals surface area contributed by atoms with Crippen molar-refractivity contribution in [3.8, 4) is 17.3 Å². The first-order valence-corrected chi connectivity index (χ1v) is 8.91. The molecule has 1 aliphatic heterocycles. The lowest BCUT2D eigenvalue weighted by atomic mass is 10.1. The molecule has 1 aromatic carbocycles. The summed E-state index contributed by atoms with van der Waals surface area (Å²) in [5.74, 6) is 1.25. The molecular formula is C20H19ClN4O. The monoisotopic (exact) mass is 366 g/mol. The maximum absolute atomic E-state index is 6.18. The standard InChI is InChI=1S/C20H19ClN4O/c1-26-20-17(21)9-14(10-23-20)12-25-8-7-18-16(13-25)11-22-19(24-18)15-5-3-2-4-6-15/h2-6,9-11H,7-8,12-13H2,1H3. The first-order valence-electron chi connectivity index (χ1n) is 8.54. The highest BCUT2D eigenvalue weighted by atomic mass is 35.5. The molecular weight excluding hydrogens is 348 g/mol. The van der Waals surface area contributed by atoms with Crippen molar-refractivity contribution < 1.29 is 4.74 Å². The minimum atomic E-state index is 0.459. The molecule has 4 rings (SSSR count). The number of hydrogen-bond donors (Lipinski definition) is 0. The van der Waals surface area contributed by atoms with Gasteiger partial charge in [0.25, 0.3) is 0 Å². The van der Waals surface area contributed by atoms with Crippen LogP contribution in [0.4, 0.5) is 0 Å². The summed E-state index contributed by atoms with van der Waals surface area (Å²) < 4.78 is 5.11. The highest BCUT2D eigenvalue weighted by Gasteiger charge is 2.19. The van der Waals surface area contributed by atoms with E-state index in [1.807, 2.05) is 48.8 Å². The Morgan fingerprint density at radius 2 is 2.00 bits per heavy atom. The summed E-state index contributed by atoms with van der Waals surface area (Å²) in [4.78, 5) is 15.9. The summed E-state index contributed by atoms with van der Waals surface area (Å²) in [6.45, 7) is 2.56. The fraction of sp³-hybridized carbons (Fsp3) is 0.250. The van der Waals surface area contributed by atoms with Crippen molar-refractivity contribution in [2.45, 2.75) is 19.5 Å². The van der Waals surface area contributed by atoms with Crippen molar-refractivity contribution in [2.24, 2.45) is 0 Å². The van der Waals surface area contributed by atoms with Gasteiger partial charge in [-0.2, -0.15) is 0 Å². The fourth-order valence-electron chi connectivity index (χ4n) is 3.20. The highest BCUT2D eigenvalue weighted by molar-refractivity contribution is 6.31. The van der Waals surface area contributed by atoms with Gasteiger partial charge in [0, 0.05) is 49.6 Å². The first kappa shape index (κ1) is 16.9. The average Bonchev–Trinajstić information content (AvgIpc) is 2.68. The molecule has 132 valence electrons. The van der Waals surface area contributed by atoms with Gasteiger partial charge in [-0.25, -0.2) is 15.0 Å². The SMILES string of the molecule is COc1ncc(CN2CCc3nc(-c4ccccc4)ncc3C2)cc1Cl. The van der Waals surface area contributed by atoms with Crippen LogP contribution in [0.15, 0.2) is 48.8 Å². The summed E-state index contributed by atoms with van der Waals surface area (Å²) in [6, 6.07) is 12.0. The van der Waals surface area contributed by atoms with E-state index in [1.165, 1.54) is 5.56 Å². The molecule has 0 fully saturated rings. The minimum Gasteiger partial charge on any atom is -0.480 e. The highest BCUT2D eigenvalue weighted by Crippen LogP contribution is 2.25. The Bertz CT molecular complexity index is 917. The third-order valence-corrected chi connectivity index (χ3v) is 4.78. The third kappa shape index (κ3) is 3.54. The van der Waals surface area contributed by atoms with Gasteiger partial charge in [-0.3, -0.25) is 4.90 Å². The Morgan fingerprint density at radius 1 is 1.15 bits per heavy atom. The number of ether oxygens (including phenoxy) is 1. The summed E-state index contributed by atoms with van der Waals surface area (Å²) >= 11 is 6.18. The number of rotatable bonds is 4. The van der Waals surface area contributed by atoms with Crippen LogP contribution in [-0.2, 0) is 19.5 Å². The van der Waals surface area contributed by atoms with Crippen LogP contribution in [0.1, 0.15) is 16.8 Å². The smallest absolute Gasteiger partial charge is 0.232 e. The van der Waals surface area contributed by atoms with Gasteiger partial charge in [-0.15, -0.1) is 0 Å². The largest absolute Gasteiger partial charge is 0.480 e. The predicted molar refractivity (Wildman–Crippen MR) is 101 cm³/mol. The second-order valence-corrected chi connectivity index (χ2v) is 6.73. The summed E-state index contributed by atoms with van der Waals surface area (Å²) in [7, 11) is 1.57. The Hall–Kier alpha value is -2.50.